The number of benzene rings is 3. The number of hydrogen-bond donors (Lipinski definition) is 2. The van der Waals surface area contributed by atoms with E-state index < -0.39 is 27.8 Å². The zero-order valence-electron chi connectivity index (χ0n) is 21.2. The lowest BCUT2D eigenvalue weighted by Crippen LogP contribution is -2.29. The van der Waals surface area contributed by atoms with E-state index >= 15 is 0 Å². The number of aliphatic hydroxyl groups excluding tert-OH is 1. The summed E-state index contributed by atoms with van der Waals surface area (Å²) >= 11 is 0. The molecular weight excluding hydrogens is 508 g/mol. The Balaban J connectivity index is 1.87. The van der Waals surface area contributed by atoms with Crippen molar-refractivity contribution in [3.63, 3.8) is 0 Å². The first-order chi connectivity index (χ1) is 18.1. The molecule has 1 aliphatic heterocycles. The van der Waals surface area contributed by atoms with Crippen LogP contribution in [0.15, 0.2) is 77.2 Å². The van der Waals surface area contributed by atoms with Gasteiger partial charge in [-0.15, -0.1) is 0 Å². The fraction of sp³-hybridized carbons (Fsp3) is 0.214. The van der Waals surface area contributed by atoms with Gasteiger partial charge in [0, 0.05) is 11.3 Å². The van der Waals surface area contributed by atoms with Crippen LogP contribution in [0.25, 0.3) is 5.76 Å². The average molecular weight is 537 g/mol. The Labute approximate surface area is 221 Å². The predicted molar refractivity (Wildman–Crippen MR) is 143 cm³/mol. The zero-order valence-corrected chi connectivity index (χ0v) is 22.0. The van der Waals surface area contributed by atoms with Crippen LogP contribution in [0.4, 0.5) is 5.69 Å². The smallest absolute Gasteiger partial charge is 0.300 e. The van der Waals surface area contributed by atoms with Crippen molar-refractivity contribution in [1.82, 2.24) is 0 Å². The minimum absolute atomic E-state index is 0.0997. The number of ether oxygens (including phenoxy) is 2. The van der Waals surface area contributed by atoms with Crippen LogP contribution in [0.5, 0.6) is 11.5 Å². The number of amides is 1. The van der Waals surface area contributed by atoms with Gasteiger partial charge in [0.05, 0.1) is 30.2 Å². The summed E-state index contributed by atoms with van der Waals surface area (Å²) in [5, 5.41) is 16.6. The third-order valence-corrected chi connectivity index (χ3v) is 7.16. The van der Waals surface area contributed by atoms with E-state index in [0.29, 0.717) is 29.2 Å². The van der Waals surface area contributed by atoms with Gasteiger partial charge in [-0.25, -0.2) is 13.6 Å². The first-order valence-electron chi connectivity index (χ1n) is 11.9. The second kappa shape index (κ2) is 10.7. The van der Waals surface area contributed by atoms with Crippen molar-refractivity contribution in [2.24, 2.45) is 5.14 Å². The van der Waals surface area contributed by atoms with E-state index in [4.69, 9.17) is 14.6 Å². The molecule has 0 radical (unpaired) electrons. The molecule has 10 heteroatoms. The molecule has 3 aromatic rings. The van der Waals surface area contributed by atoms with Gasteiger partial charge in [0.25, 0.3) is 11.7 Å². The van der Waals surface area contributed by atoms with Crippen molar-refractivity contribution in [3.8, 4) is 11.5 Å². The Morgan fingerprint density at radius 1 is 1.03 bits per heavy atom. The number of ketones is 1. The second-order valence-corrected chi connectivity index (χ2v) is 10.4. The first-order valence-corrected chi connectivity index (χ1v) is 13.4. The molecule has 1 fully saturated rings. The van der Waals surface area contributed by atoms with E-state index in [2.05, 4.69) is 0 Å². The highest BCUT2D eigenvalue weighted by molar-refractivity contribution is 7.89. The first kappa shape index (κ1) is 26.9. The molecule has 4 rings (SSSR count). The molecule has 1 atom stereocenters. The summed E-state index contributed by atoms with van der Waals surface area (Å²) in [5.74, 6) is -0.844. The van der Waals surface area contributed by atoms with Crippen LogP contribution < -0.4 is 19.5 Å². The number of carbonyl (C=O) groups is 2. The molecule has 0 saturated carbocycles. The van der Waals surface area contributed by atoms with Crippen LogP contribution in [0.2, 0.25) is 0 Å². The van der Waals surface area contributed by atoms with E-state index in [1.165, 1.54) is 36.3 Å². The summed E-state index contributed by atoms with van der Waals surface area (Å²) in [5.41, 5.74) is 1.82. The summed E-state index contributed by atoms with van der Waals surface area (Å²) in [6.45, 7) is 4.36. The lowest BCUT2D eigenvalue weighted by Gasteiger charge is -2.25. The van der Waals surface area contributed by atoms with Crippen molar-refractivity contribution in [2.75, 3.05) is 18.6 Å². The van der Waals surface area contributed by atoms with Gasteiger partial charge in [0.2, 0.25) is 10.0 Å². The third kappa shape index (κ3) is 5.13. The Kier molecular flexibility index (Phi) is 7.56. The van der Waals surface area contributed by atoms with E-state index in [0.717, 1.165) is 12.0 Å². The van der Waals surface area contributed by atoms with Gasteiger partial charge in [-0.1, -0.05) is 19.1 Å². The fourth-order valence-corrected chi connectivity index (χ4v) is 4.84. The topological polar surface area (TPSA) is 136 Å². The Bertz CT molecular complexity index is 1510. The zero-order chi connectivity index (χ0) is 27.6. The second-order valence-electron chi connectivity index (χ2n) is 8.81. The van der Waals surface area contributed by atoms with Crippen LogP contribution in [0.3, 0.4) is 0 Å². The minimum Gasteiger partial charge on any atom is -0.507 e. The van der Waals surface area contributed by atoms with Crippen molar-refractivity contribution in [2.45, 2.75) is 31.2 Å². The van der Waals surface area contributed by atoms with Crippen LogP contribution in [-0.4, -0.2) is 38.9 Å². The number of nitrogens with two attached hydrogens (primary N) is 1. The number of methoxy groups -OCH3 is 1. The number of aliphatic hydroxyl groups is 1. The van der Waals surface area contributed by atoms with Gasteiger partial charge in [-0.05, 0) is 79.1 Å². The molecule has 0 bridgehead atoms. The molecule has 1 unspecified atom stereocenters. The molecule has 3 aromatic carbocycles. The van der Waals surface area contributed by atoms with Gasteiger partial charge >= 0.3 is 0 Å². The number of Topliss-reactive ketones (excluding diaryl/α,β-unsaturated/α-hetero) is 1. The Morgan fingerprint density at radius 3 is 2.24 bits per heavy atom. The number of hydrogen-bond acceptors (Lipinski definition) is 7. The summed E-state index contributed by atoms with van der Waals surface area (Å²) < 4.78 is 34.4. The summed E-state index contributed by atoms with van der Waals surface area (Å²) in [6.07, 6.45) is 0.838. The molecule has 3 N–H and O–H groups in total. The highest BCUT2D eigenvalue weighted by Crippen LogP contribution is 2.43. The van der Waals surface area contributed by atoms with Gasteiger partial charge in [0.1, 0.15) is 17.3 Å². The molecule has 38 heavy (non-hydrogen) atoms. The number of rotatable bonds is 8. The van der Waals surface area contributed by atoms with Crippen molar-refractivity contribution in [3.05, 3.63) is 89.0 Å². The largest absolute Gasteiger partial charge is 0.507 e. The summed E-state index contributed by atoms with van der Waals surface area (Å²) in [6, 6.07) is 16.1. The molecular formula is C28H28N2O7S. The predicted octanol–water partition coefficient (Wildman–Crippen LogP) is 4.07. The number of anilines is 1. The van der Waals surface area contributed by atoms with Gasteiger partial charge < -0.3 is 14.6 Å². The maximum atomic E-state index is 13.4. The lowest BCUT2D eigenvalue weighted by atomic mass is 9.94. The van der Waals surface area contributed by atoms with E-state index in [1.807, 2.05) is 13.8 Å². The lowest BCUT2D eigenvalue weighted by molar-refractivity contribution is -0.132. The average Bonchev–Trinajstić information content (AvgIpc) is 3.17. The van der Waals surface area contributed by atoms with Crippen LogP contribution >= 0.6 is 0 Å². The SMILES string of the molecule is CCCOc1ccc(/C(O)=C2\C(=O)C(=O)N(c3ccc(S(N)(=O)=O)cc3)C2c2ccc(OC)cc2)cc1C. The van der Waals surface area contributed by atoms with E-state index in [-0.39, 0.29) is 21.9 Å². The standard InChI is InChI=1S/C28H28N2O7S/c1-4-15-37-23-14-7-19(16-17(23)2)26(31)24-25(18-5-10-21(36-3)11-6-18)30(28(33)27(24)32)20-8-12-22(13-9-20)38(29,34)35/h5-14,16,25,31H,4,15H2,1-3H3,(H2,29,34,35)/b26-24+. The molecule has 198 valence electrons. The van der Waals surface area contributed by atoms with Gasteiger partial charge in [-0.3, -0.25) is 14.5 Å². The molecule has 0 aromatic heterocycles. The maximum absolute atomic E-state index is 13.4. The monoisotopic (exact) mass is 536 g/mol. The number of primary sulfonamides is 1. The van der Waals surface area contributed by atoms with E-state index in [1.54, 1.807) is 42.5 Å². The molecule has 0 aliphatic carbocycles. The van der Waals surface area contributed by atoms with E-state index in [9.17, 15) is 23.1 Å². The van der Waals surface area contributed by atoms with Crippen LogP contribution in [0.1, 0.15) is 36.1 Å². The minimum atomic E-state index is -3.96. The molecule has 1 saturated heterocycles. The van der Waals surface area contributed by atoms with Gasteiger partial charge in [-0.2, -0.15) is 0 Å². The maximum Gasteiger partial charge on any atom is 0.300 e. The Morgan fingerprint density at radius 2 is 1.68 bits per heavy atom. The fourth-order valence-electron chi connectivity index (χ4n) is 4.32. The van der Waals surface area contributed by atoms with Crippen molar-refractivity contribution >= 4 is 33.2 Å². The molecule has 1 amide bonds. The van der Waals surface area contributed by atoms with Crippen molar-refractivity contribution < 1.29 is 32.6 Å². The molecule has 1 heterocycles. The quantitative estimate of drug-likeness (QED) is 0.252. The third-order valence-electron chi connectivity index (χ3n) is 6.23. The molecule has 1 aliphatic rings. The highest BCUT2D eigenvalue weighted by atomic mass is 32.2. The highest BCUT2D eigenvalue weighted by Gasteiger charge is 2.47. The number of aryl methyl sites for hydroxylation is 1. The molecule has 0 spiro atoms. The summed E-state index contributed by atoms with van der Waals surface area (Å²) in [7, 11) is -2.44. The molecule has 9 nitrogen and oxygen atoms in total. The summed E-state index contributed by atoms with van der Waals surface area (Å²) in [4.78, 5) is 27.8. The van der Waals surface area contributed by atoms with Crippen LogP contribution in [0, 0.1) is 6.92 Å². The van der Waals surface area contributed by atoms with Crippen LogP contribution in [-0.2, 0) is 19.6 Å². The van der Waals surface area contributed by atoms with Gasteiger partial charge in [0.15, 0.2) is 0 Å². The van der Waals surface area contributed by atoms with Crippen molar-refractivity contribution in [1.29, 1.82) is 0 Å². The number of sulfonamides is 1. The normalized spacial score (nSPS) is 17.1. The Hall–Kier alpha value is -4.15. The number of nitrogens with zero attached hydrogens (tertiary/aromatic N) is 1. The number of carbonyl (C=O) groups excluding carboxylic acids is 2.